The topological polar surface area (TPSA) is 45.2 Å². The highest BCUT2D eigenvalue weighted by Crippen LogP contribution is 2.13. The van der Waals surface area contributed by atoms with Gasteiger partial charge in [0.2, 0.25) is 0 Å². The second-order valence-corrected chi connectivity index (χ2v) is 5.97. The average molecular weight is 309 g/mol. The number of hydrogen-bond donors (Lipinski definition) is 1. The fourth-order valence-corrected chi connectivity index (χ4v) is 3.00. The minimum Gasteiger partial charge on any atom is -0.337 e. The molecule has 1 fully saturated rings. The Hall–Kier alpha value is -2.20. The summed E-state index contributed by atoms with van der Waals surface area (Å²) in [5, 5.41) is 3.62. The molecule has 0 radical (unpaired) electrons. The van der Waals surface area contributed by atoms with Crippen molar-refractivity contribution in [3.05, 3.63) is 66.0 Å². The van der Waals surface area contributed by atoms with Crippen molar-refractivity contribution in [2.45, 2.75) is 25.3 Å². The maximum atomic E-state index is 12.3. The Bertz CT molecular complexity index is 607. The molecule has 2 aromatic rings. The second kappa shape index (κ2) is 7.88. The van der Waals surface area contributed by atoms with Crippen molar-refractivity contribution in [1.82, 2.24) is 15.2 Å². The van der Waals surface area contributed by atoms with Crippen LogP contribution in [-0.2, 0) is 6.42 Å². The van der Waals surface area contributed by atoms with Gasteiger partial charge in [-0.3, -0.25) is 9.78 Å². The van der Waals surface area contributed by atoms with Crippen molar-refractivity contribution >= 4 is 5.91 Å². The Balaban J connectivity index is 1.41. The van der Waals surface area contributed by atoms with Gasteiger partial charge in [-0.25, -0.2) is 0 Å². The molecule has 0 unspecified atom stereocenters. The van der Waals surface area contributed by atoms with Crippen LogP contribution in [0.1, 0.15) is 28.9 Å². The molecule has 23 heavy (non-hydrogen) atoms. The molecule has 0 atom stereocenters. The van der Waals surface area contributed by atoms with Gasteiger partial charge in [0.05, 0.1) is 0 Å². The van der Waals surface area contributed by atoms with E-state index in [4.69, 9.17) is 0 Å². The maximum absolute atomic E-state index is 12.3. The zero-order valence-corrected chi connectivity index (χ0v) is 13.3. The Morgan fingerprint density at radius 1 is 1.09 bits per heavy atom. The SMILES string of the molecule is O=C(c1ccccn1)N1CCC(NCCc2ccccc2)CC1. The number of carbonyl (C=O) groups excluding carboxylic acids is 1. The smallest absolute Gasteiger partial charge is 0.272 e. The number of carbonyl (C=O) groups is 1. The summed E-state index contributed by atoms with van der Waals surface area (Å²) in [4.78, 5) is 18.4. The molecule has 1 aromatic heterocycles. The highest BCUT2D eigenvalue weighted by Gasteiger charge is 2.23. The first-order valence-electron chi connectivity index (χ1n) is 8.30. The molecule has 0 saturated carbocycles. The molecule has 1 aliphatic rings. The third kappa shape index (κ3) is 4.39. The van der Waals surface area contributed by atoms with E-state index in [0.29, 0.717) is 11.7 Å². The van der Waals surface area contributed by atoms with E-state index in [1.807, 2.05) is 23.1 Å². The Kier molecular flexibility index (Phi) is 5.37. The maximum Gasteiger partial charge on any atom is 0.272 e. The van der Waals surface area contributed by atoms with Gasteiger partial charge in [-0.1, -0.05) is 36.4 Å². The predicted molar refractivity (Wildman–Crippen MR) is 91.3 cm³/mol. The first kappa shape index (κ1) is 15.7. The fraction of sp³-hybridized carbons (Fsp3) is 0.368. The van der Waals surface area contributed by atoms with Crippen LogP contribution in [0.25, 0.3) is 0 Å². The number of likely N-dealkylation sites (tertiary alicyclic amines) is 1. The first-order valence-corrected chi connectivity index (χ1v) is 8.30. The molecule has 0 bridgehead atoms. The van der Waals surface area contributed by atoms with E-state index >= 15 is 0 Å². The van der Waals surface area contributed by atoms with Crippen LogP contribution in [0.5, 0.6) is 0 Å². The van der Waals surface area contributed by atoms with Crippen molar-refractivity contribution in [3.8, 4) is 0 Å². The third-order valence-electron chi connectivity index (χ3n) is 4.36. The Labute approximate surface area is 137 Å². The summed E-state index contributed by atoms with van der Waals surface area (Å²) in [5.74, 6) is 0.0494. The summed E-state index contributed by atoms with van der Waals surface area (Å²) >= 11 is 0. The molecule has 1 aliphatic heterocycles. The lowest BCUT2D eigenvalue weighted by molar-refractivity contribution is 0.0699. The normalized spacial score (nSPS) is 15.6. The number of aromatic nitrogens is 1. The first-order chi connectivity index (χ1) is 11.3. The quantitative estimate of drug-likeness (QED) is 0.923. The van der Waals surface area contributed by atoms with Crippen LogP contribution in [0.2, 0.25) is 0 Å². The second-order valence-electron chi connectivity index (χ2n) is 5.97. The fourth-order valence-electron chi connectivity index (χ4n) is 3.00. The highest BCUT2D eigenvalue weighted by atomic mass is 16.2. The van der Waals surface area contributed by atoms with Crippen LogP contribution in [0.15, 0.2) is 54.7 Å². The number of pyridine rings is 1. The number of nitrogens with one attached hydrogen (secondary N) is 1. The minimum atomic E-state index is 0.0494. The molecule has 3 rings (SSSR count). The van der Waals surface area contributed by atoms with Gasteiger partial charge in [-0.05, 0) is 43.5 Å². The third-order valence-corrected chi connectivity index (χ3v) is 4.36. The van der Waals surface area contributed by atoms with E-state index < -0.39 is 0 Å². The molecule has 1 aromatic carbocycles. The van der Waals surface area contributed by atoms with E-state index in [0.717, 1.165) is 38.9 Å². The molecule has 0 spiro atoms. The Morgan fingerprint density at radius 2 is 1.83 bits per heavy atom. The molecule has 1 amide bonds. The molecule has 0 aliphatic carbocycles. The summed E-state index contributed by atoms with van der Waals surface area (Å²) in [6.07, 6.45) is 4.74. The lowest BCUT2D eigenvalue weighted by Gasteiger charge is -2.32. The molecule has 4 heteroatoms. The molecular weight excluding hydrogens is 286 g/mol. The van der Waals surface area contributed by atoms with Crippen molar-refractivity contribution in [2.75, 3.05) is 19.6 Å². The predicted octanol–water partition coefficient (Wildman–Crippen LogP) is 2.52. The van der Waals surface area contributed by atoms with Gasteiger partial charge in [-0.15, -0.1) is 0 Å². The van der Waals surface area contributed by atoms with Crippen molar-refractivity contribution in [3.63, 3.8) is 0 Å². The van der Waals surface area contributed by atoms with Crippen molar-refractivity contribution < 1.29 is 4.79 Å². The zero-order chi connectivity index (χ0) is 15.9. The molecule has 1 saturated heterocycles. The van der Waals surface area contributed by atoms with Crippen molar-refractivity contribution in [1.29, 1.82) is 0 Å². The van der Waals surface area contributed by atoms with E-state index in [9.17, 15) is 4.79 Å². The van der Waals surface area contributed by atoms with Crippen LogP contribution in [0.3, 0.4) is 0 Å². The van der Waals surface area contributed by atoms with Gasteiger partial charge < -0.3 is 10.2 Å². The van der Waals surface area contributed by atoms with Crippen LogP contribution >= 0.6 is 0 Å². The summed E-state index contributed by atoms with van der Waals surface area (Å²) in [6.45, 7) is 2.60. The van der Waals surface area contributed by atoms with Crippen LogP contribution < -0.4 is 5.32 Å². The van der Waals surface area contributed by atoms with Gasteiger partial charge in [0.1, 0.15) is 5.69 Å². The molecule has 2 heterocycles. The van der Waals surface area contributed by atoms with E-state index in [2.05, 4.69) is 34.6 Å². The monoisotopic (exact) mass is 309 g/mol. The number of hydrogen-bond acceptors (Lipinski definition) is 3. The molecular formula is C19H23N3O. The summed E-state index contributed by atoms with van der Waals surface area (Å²) < 4.78 is 0. The Morgan fingerprint density at radius 3 is 2.52 bits per heavy atom. The van der Waals surface area contributed by atoms with Gasteiger partial charge >= 0.3 is 0 Å². The molecule has 120 valence electrons. The van der Waals surface area contributed by atoms with Gasteiger partial charge in [0.15, 0.2) is 0 Å². The average Bonchev–Trinajstić information content (AvgIpc) is 2.63. The van der Waals surface area contributed by atoms with E-state index in [1.54, 1.807) is 12.3 Å². The number of rotatable bonds is 5. The lowest BCUT2D eigenvalue weighted by Crippen LogP contribution is -2.45. The number of piperidine rings is 1. The van der Waals surface area contributed by atoms with Crippen LogP contribution in [0, 0.1) is 0 Å². The summed E-state index contributed by atoms with van der Waals surface area (Å²) in [7, 11) is 0. The van der Waals surface area contributed by atoms with Gasteiger partial charge in [0.25, 0.3) is 5.91 Å². The number of amides is 1. The molecule has 1 N–H and O–H groups in total. The standard InChI is InChI=1S/C19H23N3O/c23-19(18-8-4-5-12-21-18)22-14-10-17(11-15-22)20-13-9-16-6-2-1-3-7-16/h1-8,12,17,20H,9-11,13-15H2. The van der Waals surface area contributed by atoms with E-state index in [-0.39, 0.29) is 5.91 Å². The number of nitrogens with zero attached hydrogens (tertiary/aromatic N) is 2. The molecule has 4 nitrogen and oxygen atoms in total. The van der Waals surface area contributed by atoms with Gasteiger partial charge in [0, 0.05) is 25.3 Å². The lowest BCUT2D eigenvalue weighted by atomic mass is 10.0. The van der Waals surface area contributed by atoms with Crippen LogP contribution in [0.4, 0.5) is 0 Å². The largest absolute Gasteiger partial charge is 0.337 e. The summed E-state index contributed by atoms with van der Waals surface area (Å²) in [5.41, 5.74) is 1.91. The highest BCUT2D eigenvalue weighted by molar-refractivity contribution is 5.92. The van der Waals surface area contributed by atoms with Crippen LogP contribution in [-0.4, -0.2) is 41.5 Å². The van der Waals surface area contributed by atoms with E-state index in [1.165, 1.54) is 5.56 Å². The van der Waals surface area contributed by atoms with Crippen molar-refractivity contribution in [2.24, 2.45) is 0 Å². The zero-order valence-electron chi connectivity index (χ0n) is 13.3. The summed E-state index contributed by atoms with van der Waals surface area (Å²) in [6, 6.07) is 16.5. The number of benzene rings is 1. The van der Waals surface area contributed by atoms with Gasteiger partial charge in [-0.2, -0.15) is 0 Å². The minimum absolute atomic E-state index is 0.0494.